The second-order valence-corrected chi connectivity index (χ2v) is 19.4. The van der Waals surface area contributed by atoms with Gasteiger partial charge in [-0.05, 0) is 52.3 Å². The second kappa shape index (κ2) is 15.3. The summed E-state index contributed by atoms with van der Waals surface area (Å²) in [4.78, 5) is 65.8. The van der Waals surface area contributed by atoms with E-state index in [1.165, 1.54) is 42.6 Å². The molecule has 4 saturated heterocycles. The number of carbonyl (C=O) groups is 5. The lowest BCUT2D eigenvalue weighted by Crippen LogP contribution is -2.71. The maximum absolute atomic E-state index is 13.0. The largest absolute Gasteiger partial charge is 0.426 e. The summed E-state index contributed by atoms with van der Waals surface area (Å²) in [6, 6.07) is 10.4. The predicted octanol–water partition coefficient (Wildman–Crippen LogP) is -0.996. The van der Waals surface area contributed by atoms with Crippen LogP contribution in [0.2, 0.25) is 0 Å². The Kier molecular flexibility index (Phi) is 12.5. The van der Waals surface area contributed by atoms with E-state index in [1.54, 1.807) is 56.3 Å². The summed E-state index contributed by atoms with van der Waals surface area (Å²) >= 11 is 1.31. The fourth-order valence-electron chi connectivity index (χ4n) is 6.40. The van der Waals surface area contributed by atoms with E-state index in [2.05, 4.69) is 5.32 Å². The summed E-state index contributed by atoms with van der Waals surface area (Å²) in [5.41, 5.74) is 7.59. The molecule has 0 unspecified atom stereocenters. The first kappa shape index (κ1) is 43.3. The van der Waals surface area contributed by atoms with Gasteiger partial charge in [-0.1, -0.05) is 48.0 Å². The van der Waals surface area contributed by atoms with Gasteiger partial charge in [-0.2, -0.15) is 8.42 Å². The number of benzene rings is 2. The summed E-state index contributed by atoms with van der Waals surface area (Å²) in [5.74, 6) is -3.32. The minimum absolute atomic E-state index is 0. The summed E-state index contributed by atoms with van der Waals surface area (Å²) in [6.07, 6.45) is -0.191. The highest BCUT2D eigenvalue weighted by molar-refractivity contribution is 8.01. The van der Waals surface area contributed by atoms with Crippen molar-refractivity contribution in [1.29, 1.82) is 0 Å². The highest BCUT2D eigenvalue weighted by atomic mass is 32.2. The van der Waals surface area contributed by atoms with E-state index in [4.69, 9.17) is 19.8 Å². The van der Waals surface area contributed by atoms with Gasteiger partial charge in [-0.15, -0.1) is 11.8 Å². The molecule has 4 aliphatic rings. The molecule has 6 rings (SSSR count). The Morgan fingerprint density at radius 3 is 2.04 bits per heavy atom. The monoisotopic (exact) mass is 802 g/mol. The lowest BCUT2D eigenvalue weighted by Gasteiger charge is -2.44. The van der Waals surface area contributed by atoms with Crippen molar-refractivity contribution in [2.24, 2.45) is 5.73 Å². The van der Waals surface area contributed by atoms with Crippen LogP contribution in [0.3, 0.4) is 0 Å². The van der Waals surface area contributed by atoms with Gasteiger partial charge in [0.2, 0.25) is 24.5 Å². The SMILES string of the molecule is CC1(C)S[C@@H]2[C@H](NC(=O)[C@@H](N)c3ccccc3)C(=O)N2[C@H]1C(=O)OCOC(=O)[C@@H]1N2C(=O)C[C@H]2S(=O)(=O)C1(C)C.Cc1ccc(S(=O)(=O)O)cc1.O.O. The molecule has 0 saturated carbocycles. The molecule has 18 nitrogen and oxygen atoms in total. The number of thioether (sulfide) groups is 1. The first-order chi connectivity index (χ1) is 23.6. The molecule has 21 heteroatoms. The number of nitrogens with zero attached hydrogens (tertiary/aromatic N) is 2. The van der Waals surface area contributed by atoms with Crippen LogP contribution in [-0.2, 0) is 53.4 Å². The van der Waals surface area contributed by atoms with Crippen molar-refractivity contribution in [2.75, 3.05) is 6.79 Å². The van der Waals surface area contributed by atoms with Gasteiger partial charge in [0.05, 0.1) is 16.1 Å². The molecular formula is C32H42N4O14S3. The Morgan fingerprint density at radius 2 is 1.51 bits per heavy atom. The number of amides is 3. The van der Waals surface area contributed by atoms with Crippen LogP contribution in [0.25, 0.3) is 0 Å². The number of hydrogen-bond acceptors (Lipinski definition) is 13. The Hall–Kier alpha value is -4.12. The van der Waals surface area contributed by atoms with Crippen LogP contribution in [0, 0.1) is 6.92 Å². The molecule has 0 radical (unpaired) electrons. The van der Waals surface area contributed by atoms with Crippen molar-refractivity contribution >= 4 is 61.4 Å². The van der Waals surface area contributed by atoms with Gasteiger partial charge in [0.1, 0.15) is 34.9 Å². The molecular weight excluding hydrogens is 761 g/mol. The van der Waals surface area contributed by atoms with E-state index < -0.39 is 101 Å². The number of sulfone groups is 1. The molecule has 53 heavy (non-hydrogen) atoms. The lowest BCUT2D eigenvalue weighted by molar-refractivity contribution is -0.181. The van der Waals surface area contributed by atoms with Gasteiger partial charge in [-0.3, -0.25) is 18.9 Å². The molecule has 0 spiro atoms. The summed E-state index contributed by atoms with van der Waals surface area (Å²) in [5, 5.41) is 1.07. The first-order valence-electron chi connectivity index (χ1n) is 15.6. The van der Waals surface area contributed by atoms with Gasteiger partial charge in [0.15, 0.2) is 9.84 Å². The van der Waals surface area contributed by atoms with Crippen molar-refractivity contribution < 1.29 is 65.8 Å². The predicted molar refractivity (Wildman–Crippen MR) is 189 cm³/mol. The fraction of sp³-hybridized carbons (Fsp3) is 0.469. The average molecular weight is 803 g/mol. The zero-order valence-electron chi connectivity index (χ0n) is 29.2. The maximum Gasteiger partial charge on any atom is 0.333 e. The van der Waals surface area contributed by atoms with Crippen LogP contribution in [0.1, 0.15) is 51.3 Å². The summed E-state index contributed by atoms with van der Waals surface area (Å²) < 4.78 is 62.9. The molecule has 292 valence electrons. The number of hydrogen-bond donors (Lipinski definition) is 3. The van der Waals surface area contributed by atoms with Gasteiger partial charge >= 0.3 is 11.9 Å². The van der Waals surface area contributed by atoms with E-state index in [1.807, 2.05) is 6.92 Å². The standard InChI is InChI=1S/C25H30N4O9S2.C7H8O3S.2H2O/c1-24(2)17(29-20(32)16(21(29)39-24)27-19(31)15(26)12-8-6-5-7-9-12)22(33)37-11-38-23(34)18-25(3,4)40(35,36)14-10-13(30)28(14)18;1-6-2-4-7(5-3-6)11(8,9)10;;/h5-9,14-18,21H,10-11,26H2,1-4H3,(H,27,31);2-5H,1H3,(H,8,9,10);2*1H2/t14-,15+,16-,17+,18+,21-;;;/m1.../s1. The molecule has 2 aromatic carbocycles. The number of nitrogens with one attached hydrogen (secondary N) is 1. The zero-order valence-corrected chi connectivity index (χ0v) is 31.7. The normalized spacial score (nSPS) is 26.0. The van der Waals surface area contributed by atoms with E-state index in [0.29, 0.717) is 5.56 Å². The second-order valence-electron chi connectivity index (χ2n) is 13.5. The third-order valence-electron chi connectivity index (χ3n) is 9.32. The molecule has 6 atom stereocenters. The highest BCUT2D eigenvalue weighted by Gasteiger charge is 2.68. The Bertz CT molecular complexity index is 1970. The molecule has 4 fully saturated rings. The molecule has 3 amide bonds. The van der Waals surface area contributed by atoms with Crippen molar-refractivity contribution in [3.05, 3.63) is 65.7 Å². The first-order valence-corrected chi connectivity index (χ1v) is 19.5. The van der Waals surface area contributed by atoms with Gasteiger partial charge < -0.3 is 41.3 Å². The smallest absolute Gasteiger partial charge is 0.333 e. The number of esters is 2. The van der Waals surface area contributed by atoms with Gasteiger partial charge in [0.25, 0.3) is 10.1 Å². The maximum atomic E-state index is 13.0. The van der Waals surface area contributed by atoms with Crippen LogP contribution in [-0.4, -0.2) is 117 Å². The van der Waals surface area contributed by atoms with Crippen molar-refractivity contribution in [3.8, 4) is 0 Å². The molecule has 2 aromatic rings. The Balaban J connectivity index is 0.000000501. The topological polar surface area (TPSA) is 300 Å². The van der Waals surface area contributed by atoms with Crippen LogP contribution < -0.4 is 11.1 Å². The number of rotatable bonds is 8. The Labute approximate surface area is 310 Å². The number of fused-ring (bicyclic) bond motifs is 2. The molecule has 0 aliphatic carbocycles. The highest BCUT2D eigenvalue weighted by Crippen LogP contribution is 2.51. The molecule has 4 heterocycles. The number of β-lactam (4-membered cyclic amide) rings is 2. The van der Waals surface area contributed by atoms with E-state index in [0.717, 1.165) is 10.5 Å². The number of carbonyl (C=O) groups excluding carboxylic acids is 5. The van der Waals surface area contributed by atoms with Crippen LogP contribution in [0.15, 0.2) is 59.5 Å². The number of ether oxygens (including phenoxy) is 2. The zero-order chi connectivity index (χ0) is 37.8. The molecule has 0 aromatic heterocycles. The van der Waals surface area contributed by atoms with E-state index in [9.17, 15) is 40.8 Å². The van der Waals surface area contributed by atoms with Gasteiger partial charge in [0, 0.05) is 4.75 Å². The van der Waals surface area contributed by atoms with E-state index >= 15 is 0 Å². The lowest BCUT2D eigenvalue weighted by atomic mass is 9.95. The summed E-state index contributed by atoms with van der Waals surface area (Å²) in [6.45, 7) is 7.21. The Morgan fingerprint density at radius 1 is 0.962 bits per heavy atom. The molecule has 0 bridgehead atoms. The number of nitrogens with two attached hydrogens (primary N) is 1. The van der Waals surface area contributed by atoms with Crippen molar-refractivity contribution in [2.45, 2.75) is 90.3 Å². The number of aryl methyl sites for hydroxylation is 1. The minimum Gasteiger partial charge on any atom is -0.426 e. The van der Waals surface area contributed by atoms with Crippen LogP contribution >= 0.6 is 11.8 Å². The molecule has 8 N–H and O–H groups in total. The van der Waals surface area contributed by atoms with Crippen molar-refractivity contribution in [1.82, 2.24) is 15.1 Å². The summed E-state index contributed by atoms with van der Waals surface area (Å²) in [7, 11) is -7.82. The third-order valence-corrected chi connectivity index (χ3v) is 14.6. The van der Waals surface area contributed by atoms with Gasteiger partial charge in [-0.25, -0.2) is 18.0 Å². The fourth-order valence-corrected chi connectivity index (χ4v) is 10.6. The van der Waals surface area contributed by atoms with Crippen LogP contribution in [0.4, 0.5) is 0 Å². The average Bonchev–Trinajstić information content (AvgIpc) is 3.38. The quantitative estimate of drug-likeness (QED) is 0.125. The molecule has 4 aliphatic heterocycles. The van der Waals surface area contributed by atoms with Crippen LogP contribution in [0.5, 0.6) is 0 Å². The minimum atomic E-state index is -4.02. The van der Waals surface area contributed by atoms with E-state index in [-0.39, 0.29) is 22.3 Å². The third kappa shape index (κ3) is 7.77. The van der Waals surface area contributed by atoms with Crippen molar-refractivity contribution in [3.63, 3.8) is 0 Å².